The van der Waals surface area contributed by atoms with Crippen LogP contribution in [0, 0.1) is 12.8 Å². The van der Waals surface area contributed by atoms with Crippen LogP contribution in [0.4, 0.5) is 0 Å². The van der Waals surface area contributed by atoms with Gasteiger partial charge in [0.1, 0.15) is 0 Å². The molecule has 0 heteroatoms. The Labute approximate surface area is 140 Å². The zero-order valence-corrected chi connectivity index (χ0v) is 14.0. The molecule has 23 heavy (non-hydrogen) atoms. The molecule has 1 aliphatic rings. The van der Waals surface area contributed by atoms with Gasteiger partial charge in [0.15, 0.2) is 0 Å². The fraction of sp³-hybridized carbons (Fsp3) is 0.304. The molecule has 0 radical (unpaired) electrons. The van der Waals surface area contributed by atoms with E-state index < -0.39 is 0 Å². The van der Waals surface area contributed by atoms with Crippen molar-refractivity contribution in [3.63, 3.8) is 0 Å². The highest BCUT2D eigenvalue weighted by Gasteiger charge is 2.16. The molecule has 0 fully saturated rings. The summed E-state index contributed by atoms with van der Waals surface area (Å²) in [6.07, 6.45) is 11.8. The van der Waals surface area contributed by atoms with Gasteiger partial charge in [-0.3, -0.25) is 0 Å². The summed E-state index contributed by atoms with van der Waals surface area (Å²) in [5.41, 5.74) is 5.35. The molecule has 0 nitrogen and oxygen atoms in total. The normalized spacial score (nSPS) is 20.4. The number of benzene rings is 2. The number of hydrogen-bond donors (Lipinski definition) is 0. The van der Waals surface area contributed by atoms with Crippen molar-refractivity contribution in [1.82, 2.24) is 0 Å². The molecule has 2 aromatic rings. The zero-order valence-electron chi connectivity index (χ0n) is 14.0. The Morgan fingerprint density at radius 3 is 2.13 bits per heavy atom. The van der Waals surface area contributed by atoms with Crippen LogP contribution < -0.4 is 0 Å². The third-order valence-corrected chi connectivity index (χ3v) is 4.93. The Morgan fingerprint density at radius 1 is 0.913 bits per heavy atom. The summed E-state index contributed by atoms with van der Waals surface area (Å²) in [5, 5.41) is 0. The van der Waals surface area contributed by atoms with E-state index in [0.29, 0.717) is 5.92 Å². The summed E-state index contributed by atoms with van der Waals surface area (Å²) in [7, 11) is 0. The molecule has 1 aliphatic carbocycles. The summed E-state index contributed by atoms with van der Waals surface area (Å²) in [5.74, 6) is 1.33. The molecule has 0 saturated carbocycles. The molecule has 0 amide bonds. The highest BCUT2D eigenvalue weighted by atomic mass is 14.2. The van der Waals surface area contributed by atoms with Crippen molar-refractivity contribution in [2.24, 2.45) is 5.92 Å². The van der Waals surface area contributed by atoms with Crippen molar-refractivity contribution in [2.45, 2.75) is 38.5 Å². The van der Waals surface area contributed by atoms with Gasteiger partial charge >= 0.3 is 0 Å². The summed E-state index contributed by atoms with van der Waals surface area (Å²) >= 11 is 0. The molecule has 0 bridgehead atoms. The lowest BCUT2D eigenvalue weighted by atomic mass is 9.82. The first kappa shape index (κ1) is 15.8. The fourth-order valence-corrected chi connectivity index (χ4v) is 3.40. The molecular formula is C23H26. The van der Waals surface area contributed by atoms with Gasteiger partial charge < -0.3 is 0 Å². The van der Waals surface area contributed by atoms with Crippen molar-refractivity contribution in [1.29, 1.82) is 0 Å². The lowest BCUT2D eigenvalue weighted by molar-refractivity contribution is 0.485. The van der Waals surface area contributed by atoms with Crippen molar-refractivity contribution >= 4 is 0 Å². The average molecular weight is 302 g/mol. The first-order valence-corrected chi connectivity index (χ1v) is 8.72. The van der Waals surface area contributed by atoms with Crippen LogP contribution in [0.25, 0.3) is 11.1 Å². The highest BCUT2D eigenvalue weighted by Crippen LogP contribution is 2.33. The molecule has 3 rings (SSSR count). The van der Waals surface area contributed by atoms with Crippen LogP contribution in [0.15, 0.2) is 73.3 Å². The van der Waals surface area contributed by atoms with Crippen LogP contribution in [0.2, 0.25) is 0 Å². The second-order valence-electron chi connectivity index (χ2n) is 6.68. The Morgan fingerprint density at radius 2 is 1.57 bits per heavy atom. The predicted molar refractivity (Wildman–Crippen MR) is 101 cm³/mol. The summed E-state index contributed by atoms with van der Waals surface area (Å²) in [4.78, 5) is 0. The molecule has 0 N–H and O–H groups in total. The minimum Gasteiger partial charge on any atom is -0.103 e. The minimum atomic E-state index is 0.585. The number of allylic oxidation sites excluding steroid dienone is 3. The van der Waals surface area contributed by atoms with Crippen LogP contribution in [-0.2, 0) is 0 Å². The van der Waals surface area contributed by atoms with Crippen LogP contribution in [0.5, 0.6) is 0 Å². The quantitative estimate of drug-likeness (QED) is 0.540. The van der Waals surface area contributed by atoms with E-state index in [9.17, 15) is 0 Å². The second-order valence-corrected chi connectivity index (χ2v) is 6.68. The molecular weight excluding hydrogens is 276 g/mol. The Balaban J connectivity index is 1.68. The van der Waals surface area contributed by atoms with Crippen molar-refractivity contribution in [3.8, 4) is 11.1 Å². The summed E-state index contributed by atoms with van der Waals surface area (Å²) < 4.78 is 0. The maximum Gasteiger partial charge on any atom is 0.00182 e. The van der Waals surface area contributed by atoms with Crippen LogP contribution in [0.1, 0.15) is 42.7 Å². The van der Waals surface area contributed by atoms with E-state index in [0.717, 1.165) is 12.3 Å². The molecule has 0 saturated heterocycles. The third kappa shape index (κ3) is 4.01. The number of aryl methyl sites for hydroxylation is 1. The summed E-state index contributed by atoms with van der Waals surface area (Å²) in [6, 6.07) is 17.9. The van der Waals surface area contributed by atoms with Gasteiger partial charge in [0, 0.05) is 5.92 Å². The van der Waals surface area contributed by atoms with Gasteiger partial charge in [-0.15, -0.1) is 6.58 Å². The fourth-order valence-electron chi connectivity index (χ4n) is 3.40. The standard InChI is InChI=1S/C23H26/c1-3-4-5-19-8-12-21(13-9-19)23-16-14-22(15-17-23)20-10-6-18(2)7-11-20/h3,6-8,10-12,14-17,19,21H,1,4-5,9,13H2,2H3. The Bertz CT molecular complexity index is 658. The number of rotatable bonds is 5. The van der Waals surface area contributed by atoms with E-state index in [2.05, 4.69) is 74.2 Å². The van der Waals surface area contributed by atoms with Gasteiger partial charge in [0.2, 0.25) is 0 Å². The SMILES string of the molecule is C=CCCC1C=CC(c2ccc(-c3ccc(C)cc3)cc2)CC1. The maximum absolute atomic E-state index is 3.82. The van der Waals surface area contributed by atoms with Gasteiger partial charge in [-0.2, -0.15) is 0 Å². The highest BCUT2D eigenvalue weighted by molar-refractivity contribution is 5.64. The molecule has 0 aliphatic heterocycles. The first-order valence-electron chi connectivity index (χ1n) is 8.72. The summed E-state index contributed by atoms with van der Waals surface area (Å²) in [6.45, 7) is 5.95. The Kier molecular flexibility index (Phi) is 5.12. The van der Waals surface area contributed by atoms with E-state index >= 15 is 0 Å². The molecule has 0 spiro atoms. The van der Waals surface area contributed by atoms with E-state index in [4.69, 9.17) is 0 Å². The van der Waals surface area contributed by atoms with Crippen molar-refractivity contribution < 1.29 is 0 Å². The molecule has 2 aromatic carbocycles. The largest absolute Gasteiger partial charge is 0.103 e. The van der Waals surface area contributed by atoms with Gasteiger partial charge in [-0.25, -0.2) is 0 Å². The van der Waals surface area contributed by atoms with Gasteiger partial charge in [-0.1, -0.05) is 72.3 Å². The van der Waals surface area contributed by atoms with E-state index in [1.54, 1.807) is 0 Å². The predicted octanol–water partition coefficient (Wildman–Crippen LogP) is 6.68. The first-order chi connectivity index (χ1) is 11.3. The molecule has 0 heterocycles. The van der Waals surface area contributed by atoms with Gasteiger partial charge in [0.25, 0.3) is 0 Å². The van der Waals surface area contributed by atoms with Crippen molar-refractivity contribution in [2.75, 3.05) is 0 Å². The molecule has 0 aromatic heterocycles. The van der Waals surface area contributed by atoms with E-state index in [-0.39, 0.29) is 0 Å². The smallest absolute Gasteiger partial charge is 0.00182 e. The van der Waals surface area contributed by atoms with Crippen molar-refractivity contribution in [3.05, 3.63) is 84.5 Å². The monoisotopic (exact) mass is 302 g/mol. The third-order valence-electron chi connectivity index (χ3n) is 4.93. The molecule has 2 atom stereocenters. The van der Waals surface area contributed by atoms with Crippen LogP contribution in [0.3, 0.4) is 0 Å². The van der Waals surface area contributed by atoms with E-state index in [1.165, 1.54) is 41.5 Å². The topological polar surface area (TPSA) is 0 Å². The minimum absolute atomic E-state index is 0.585. The second kappa shape index (κ2) is 7.46. The Hall–Kier alpha value is -2.08. The average Bonchev–Trinajstić information content (AvgIpc) is 2.61. The lowest BCUT2D eigenvalue weighted by Gasteiger charge is -2.23. The van der Waals surface area contributed by atoms with Crippen LogP contribution in [-0.4, -0.2) is 0 Å². The van der Waals surface area contributed by atoms with E-state index in [1.807, 2.05) is 6.08 Å². The molecule has 118 valence electrons. The van der Waals surface area contributed by atoms with Crippen LogP contribution >= 0.6 is 0 Å². The zero-order chi connectivity index (χ0) is 16.1. The molecule has 2 unspecified atom stereocenters. The van der Waals surface area contributed by atoms with Gasteiger partial charge in [-0.05, 0) is 55.2 Å². The lowest BCUT2D eigenvalue weighted by Crippen LogP contribution is -2.07. The van der Waals surface area contributed by atoms with Gasteiger partial charge in [0.05, 0.1) is 0 Å². The number of hydrogen-bond acceptors (Lipinski definition) is 0. The maximum atomic E-state index is 3.82.